The van der Waals surface area contributed by atoms with E-state index < -0.39 is 0 Å². The first-order valence-corrected chi connectivity index (χ1v) is 11.7. The van der Waals surface area contributed by atoms with Gasteiger partial charge < -0.3 is 18.5 Å². The van der Waals surface area contributed by atoms with Crippen molar-refractivity contribution in [3.05, 3.63) is 88.2 Å². The number of halogens is 1. The topological polar surface area (TPSA) is 75.2 Å². The van der Waals surface area contributed by atoms with Gasteiger partial charge in [-0.25, -0.2) is 0 Å². The maximum absolute atomic E-state index is 5.78. The van der Waals surface area contributed by atoms with Crippen LogP contribution in [0.15, 0.2) is 75.8 Å². The second-order valence-corrected chi connectivity index (χ2v) is 8.75. The minimum atomic E-state index is 0.131. The third-order valence-electron chi connectivity index (χ3n) is 5.79. The predicted molar refractivity (Wildman–Crippen MR) is 133 cm³/mol. The van der Waals surface area contributed by atoms with E-state index in [0.29, 0.717) is 24.7 Å². The first kappa shape index (κ1) is 22.2. The fourth-order valence-electron chi connectivity index (χ4n) is 4.06. The maximum atomic E-state index is 5.78. The van der Waals surface area contributed by atoms with Crippen LogP contribution in [0, 0.1) is 6.92 Å². The lowest BCUT2D eigenvalue weighted by Gasteiger charge is -2.09. The highest BCUT2D eigenvalue weighted by molar-refractivity contribution is 9.10. The highest BCUT2D eigenvalue weighted by Gasteiger charge is 2.16. The van der Waals surface area contributed by atoms with Gasteiger partial charge in [0.05, 0.1) is 13.7 Å². The smallest absolute Gasteiger partial charge is 0.415 e. The Morgan fingerprint density at radius 1 is 1.03 bits per heavy atom. The van der Waals surface area contributed by atoms with E-state index in [1.807, 2.05) is 24.3 Å². The summed E-state index contributed by atoms with van der Waals surface area (Å²) in [7, 11) is 1.69. The van der Waals surface area contributed by atoms with Crippen molar-refractivity contribution in [1.82, 2.24) is 19.7 Å². The number of fused-ring (bicyclic) bond motifs is 1. The third-order valence-corrected chi connectivity index (χ3v) is 6.31. The van der Waals surface area contributed by atoms with Crippen LogP contribution in [0.1, 0.15) is 16.8 Å². The average Bonchev–Trinajstić information content (AvgIpc) is 3.44. The van der Waals surface area contributed by atoms with Gasteiger partial charge in [-0.2, -0.15) is 0 Å². The molecule has 34 heavy (non-hydrogen) atoms. The van der Waals surface area contributed by atoms with Crippen LogP contribution in [-0.2, 0) is 13.0 Å². The number of hydrogen-bond donors (Lipinski definition) is 0. The molecule has 8 heteroatoms. The Kier molecular flexibility index (Phi) is 6.31. The summed E-state index contributed by atoms with van der Waals surface area (Å²) >= 11 is 3.52. The van der Waals surface area contributed by atoms with Gasteiger partial charge >= 0.3 is 6.08 Å². The Bertz CT molecular complexity index is 1410. The minimum absolute atomic E-state index is 0.131. The van der Waals surface area contributed by atoms with Gasteiger partial charge in [-0.05, 0) is 66.9 Å². The molecule has 0 saturated carbocycles. The Morgan fingerprint density at radius 3 is 2.65 bits per heavy atom. The fourth-order valence-corrected chi connectivity index (χ4v) is 4.32. The van der Waals surface area contributed by atoms with E-state index in [4.69, 9.17) is 13.9 Å². The zero-order valence-corrected chi connectivity index (χ0v) is 20.4. The number of benzene rings is 2. The molecule has 0 spiro atoms. The molecule has 5 aromatic rings. The van der Waals surface area contributed by atoms with Gasteiger partial charge in [-0.15, -0.1) is 5.10 Å². The Balaban J connectivity index is 1.38. The summed E-state index contributed by atoms with van der Waals surface area (Å²) in [4.78, 5) is 4.22. The van der Waals surface area contributed by atoms with E-state index in [2.05, 4.69) is 79.0 Å². The van der Waals surface area contributed by atoms with Crippen molar-refractivity contribution in [3.63, 3.8) is 0 Å². The van der Waals surface area contributed by atoms with Gasteiger partial charge in [-0.1, -0.05) is 39.2 Å². The standard InChI is InChI=1S/C26H23BrN4O3/c1-17-21(15-18-6-8-19(27)9-7-18)22-16-20(32-2)10-11-24(22)31(17)13-14-33-26-30-29-25(34-26)23-5-3-4-12-28-23/h3-12,16H,13-15H2,1-2H3. The SMILES string of the molecule is COc1ccc2c(c1)c(Cc1ccc(Br)cc1)c(C)n2CCOc1nnc(-c2ccccn2)o1. The molecule has 0 bridgehead atoms. The average molecular weight is 519 g/mol. The van der Waals surface area contributed by atoms with Crippen LogP contribution in [0.3, 0.4) is 0 Å². The summed E-state index contributed by atoms with van der Waals surface area (Å²) in [6.45, 7) is 3.17. The normalized spacial score (nSPS) is 11.1. The second kappa shape index (κ2) is 9.69. The highest BCUT2D eigenvalue weighted by Crippen LogP contribution is 2.31. The zero-order chi connectivity index (χ0) is 23.5. The molecule has 7 nitrogen and oxygen atoms in total. The molecule has 0 unspecified atom stereocenters. The van der Waals surface area contributed by atoms with Crippen molar-refractivity contribution in [2.24, 2.45) is 0 Å². The number of hydrogen-bond acceptors (Lipinski definition) is 6. The molecular weight excluding hydrogens is 496 g/mol. The summed E-state index contributed by atoms with van der Waals surface area (Å²) in [6, 6.07) is 20.1. The van der Waals surface area contributed by atoms with Crippen molar-refractivity contribution in [2.45, 2.75) is 19.9 Å². The summed E-state index contributed by atoms with van der Waals surface area (Å²) < 4.78 is 20.2. The molecule has 0 saturated heterocycles. The van der Waals surface area contributed by atoms with Crippen LogP contribution in [-0.4, -0.2) is 33.5 Å². The van der Waals surface area contributed by atoms with E-state index in [1.54, 1.807) is 13.3 Å². The van der Waals surface area contributed by atoms with Gasteiger partial charge in [0.2, 0.25) is 0 Å². The second-order valence-electron chi connectivity index (χ2n) is 7.84. The molecule has 0 atom stereocenters. The molecule has 2 aromatic carbocycles. The quantitative estimate of drug-likeness (QED) is 0.257. The van der Waals surface area contributed by atoms with Gasteiger partial charge in [0.15, 0.2) is 0 Å². The summed E-state index contributed by atoms with van der Waals surface area (Å²) in [5.41, 5.74) is 5.45. The molecule has 172 valence electrons. The van der Waals surface area contributed by atoms with Crippen LogP contribution < -0.4 is 9.47 Å². The van der Waals surface area contributed by atoms with Crippen molar-refractivity contribution >= 4 is 26.8 Å². The van der Waals surface area contributed by atoms with E-state index >= 15 is 0 Å². The van der Waals surface area contributed by atoms with Crippen LogP contribution >= 0.6 is 15.9 Å². The maximum Gasteiger partial charge on any atom is 0.415 e. The van der Waals surface area contributed by atoms with Gasteiger partial charge in [-0.3, -0.25) is 4.98 Å². The molecule has 5 rings (SSSR count). The van der Waals surface area contributed by atoms with Gasteiger partial charge in [0.1, 0.15) is 18.1 Å². The van der Waals surface area contributed by atoms with Crippen molar-refractivity contribution in [2.75, 3.05) is 13.7 Å². The number of pyridine rings is 1. The number of aromatic nitrogens is 4. The number of methoxy groups -OCH3 is 1. The largest absolute Gasteiger partial charge is 0.497 e. The first-order chi connectivity index (χ1) is 16.6. The van der Waals surface area contributed by atoms with E-state index in [0.717, 1.165) is 22.2 Å². The molecule has 3 heterocycles. The Hall–Kier alpha value is -3.65. The lowest BCUT2D eigenvalue weighted by Crippen LogP contribution is -2.10. The van der Waals surface area contributed by atoms with E-state index in [1.165, 1.54) is 22.2 Å². The monoisotopic (exact) mass is 518 g/mol. The number of ether oxygens (including phenoxy) is 2. The Morgan fingerprint density at radius 2 is 1.88 bits per heavy atom. The van der Waals surface area contributed by atoms with Crippen molar-refractivity contribution in [1.29, 1.82) is 0 Å². The molecule has 0 N–H and O–H groups in total. The number of nitrogens with zero attached hydrogens (tertiary/aromatic N) is 4. The van der Waals surface area contributed by atoms with Crippen LogP contribution in [0.25, 0.3) is 22.5 Å². The van der Waals surface area contributed by atoms with Crippen LogP contribution in [0.4, 0.5) is 0 Å². The molecule has 3 aromatic heterocycles. The van der Waals surface area contributed by atoms with Crippen molar-refractivity contribution < 1.29 is 13.9 Å². The van der Waals surface area contributed by atoms with Crippen LogP contribution in [0.2, 0.25) is 0 Å². The first-order valence-electron chi connectivity index (χ1n) is 10.9. The summed E-state index contributed by atoms with van der Waals surface area (Å²) in [5.74, 6) is 1.17. The molecule has 0 amide bonds. The Labute approximate surface area is 205 Å². The van der Waals surface area contributed by atoms with Gasteiger partial charge in [0, 0.05) is 27.3 Å². The fraction of sp³-hybridized carbons (Fsp3) is 0.192. The summed E-state index contributed by atoms with van der Waals surface area (Å²) in [6.07, 6.45) is 2.64. The molecule has 0 aliphatic heterocycles. The molecule has 0 aliphatic rings. The highest BCUT2D eigenvalue weighted by atomic mass is 79.9. The van der Waals surface area contributed by atoms with Crippen LogP contribution in [0.5, 0.6) is 11.8 Å². The van der Waals surface area contributed by atoms with Crippen molar-refractivity contribution in [3.8, 4) is 23.4 Å². The lowest BCUT2D eigenvalue weighted by molar-refractivity contribution is 0.222. The lowest BCUT2D eigenvalue weighted by atomic mass is 10.0. The predicted octanol–water partition coefficient (Wildman–Crippen LogP) is 5.84. The zero-order valence-electron chi connectivity index (χ0n) is 18.9. The molecule has 0 radical (unpaired) electrons. The summed E-state index contributed by atoms with van der Waals surface area (Å²) in [5, 5.41) is 9.19. The van der Waals surface area contributed by atoms with E-state index in [-0.39, 0.29) is 6.08 Å². The molecule has 0 fully saturated rings. The van der Waals surface area contributed by atoms with Gasteiger partial charge in [0.25, 0.3) is 5.89 Å². The minimum Gasteiger partial charge on any atom is -0.497 e. The molecule has 0 aliphatic carbocycles. The third kappa shape index (κ3) is 4.54. The molecular formula is C26H23BrN4O3. The number of rotatable bonds is 8. The van der Waals surface area contributed by atoms with E-state index in [9.17, 15) is 0 Å².